The summed E-state index contributed by atoms with van der Waals surface area (Å²) < 4.78 is 38.1. The Bertz CT molecular complexity index is 747. The van der Waals surface area contributed by atoms with E-state index in [1.165, 1.54) is 19.1 Å². The minimum absolute atomic E-state index is 0.212. The molecule has 1 heterocycles. The average Bonchev–Trinajstić information content (AvgIpc) is 2.84. The number of nitrogens with zero attached hydrogens (tertiary/aromatic N) is 3. The molecule has 0 radical (unpaired) electrons. The van der Waals surface area contributed by atoms with E-state index >= 15 is 0 Å². The van der Waals surface area contributed by atoms with E-state index in [1.54, 1.807) is 6.07 Å². The molecule has 2 rings (SSSR count). The topological polar surface area (TPSA) is 85.8 Å². The number of thioether (sulfide) groups is 1. The number of hydrogen-bond acceptors (Lipinski definition) is 5. The number of anilines is 1. The Hall–Kier alpha value is -1.65. The summed E-state index contributed by atoms with van der Waals surface area (Å²) in [7, 11) is 0. The van der Waals surface area contributed by atoms with Crippen molar-refractivity contribution < 1.29 is 18.0 Å². The third kappa shape index (κ3) is 4.05. The van der Waals surface area contributed by atoms with E-state index in [-0.39, 0.29) is 25.6 Å². The maximum atomic E-state index is 12.6. The highest BCUT2D eigenvalue weighted by Crippen LogP contribution is 2.32. The Morgan fingerprint density at radius 3 is 2.42 bits per heavy atom. The second-order valence-corrected chi connectivity index (χ2v) is 6.64. The second kappa shape index (κ2) is 7.08. The third-order valence-corrected chi connectivity index (χ3v) is 4.47. The van der Waals surface area contributed by atoms with Crippen molar-refractivity contribution in [2.24, 2.45) is 0 Å². The molecule has 24 heavy (non-hydrogen) atoms. The van der Waals surface area contributed by atoms with E-state index in [9.17, 15) is 18.0 Å². The van der Waals surface area contributed by atoms with Crippen LogP contribution in [0.5, 0.6) is 0 Å². The van der Waals surface area contributed by atoms with Gasteiger partial charge in [-0.25, -0.2) is 4.68 Å². The molecule has 2 aromatic rings. The number of amides is 1. The Morgan fingerprint density at radius 1 is 1.33 bits per heavy atom. The van der Waals surface area contributed by atoms with Crippen LogP contribution < -0.4 is 11.2 Å². The van der Waals surface area contributed by atoms with Crippen molar-refractivity contribution in [1.29, 1.82) is 0 Å². The van der Waals surface area contributed by atoms with Gasteiger partial charge >= 0.3 is 6.18 Å². The molecule has 0 bridgehead atoms. The van der Waals surface area contributed by atoms with Crippen LogP contribution in [0.2, 0.25) is 10.0 Å². The molecule has 1 unspecified atom stereocenters. The minimum Gasteiger partial charge on any atom is -0.335 e. The number of nitrogens with one attached hydrogen (secondary N) is 1. The third-order valence-electron chi connectivity index (χ3n) is 2.78. The van der Waals surface area contributed by atoms with E-state index < -0.39 is 23.2 Å². The van der Waals surface area contributed by atoms with Crippen molar-refractivity contribution in [3.05, 3.63) is 34.1 Å². The van der Waals surface area contributed by atoms with Crippen LogP contribution in [0.25, 0.3) is 0 Å². The number of aromatic nitrogens is 3. The number of hydrogen-bond donors (Lipinski definition) is 2. The predicted molar refractivity (Wildman–Crippen MR) is 85.6 cm³/mol. The van der Waals surface area contributed by atoms with Gasteiger partial charge in [0.05, 0.1) is 21.0 Å². The van der Waals surface area contributed by atoms with Gasteiger partial charge in [-0.3, -0.25) is 4.79 Å². The van der Waals surface area contributed by atoms with Crippen LogP contribution in [-0.2, 0) is 11.0 Å². The van der Waals surface area contributed by atoms with Crippen LogP contribution in [0.4, 0.5) is 18.9 Å². The lowest BCUT2D eigenvalue weighted by Gasteiger charge is -2.13. The standard InChI is InChI=1S/C12H10Cl2F3N5OS/c1-5(9(23)19-8-6(13)3-2-4-7(8)14)24-11-21-20-10(22(11)18)12(15,16)17/h2-5H,18H2,1H3,(H,19,23). The van der Waals surface area contributed by atoms with E-state index in [0.29, 0.717) is 11.8 Å². The number of carbonyl (C=O) groups excluding carboxylic acids is 1. The molecule has 0 saturated carbocycles. The second-order valence-electron chi connectivity index (χ2n) is 4.52. The van der Waals surface area contributed by atoms with Gasteiger partial charge in [0.15, 0.2) is 0 Å². The first kappa shape index (κ1) is 18.7. The highest BCUT2D eigenvalue weighted by atomic mass is 35.5. The summed E-state index contributed by atoms with van der Waals surface area (Å²) in [6.07, 6.45) is -4.74. The molecular formula is C12H10Cl2F3N5OS. The summed E-state index contributed by atoms with van der Waals surface area (Å²) in [5.74, 6) is 3.43. The highest BCUT2D eigenvalue weighted by Gasteiger charge is 2.38. The highest BCUT2D eigenvalue weighted by molar-refractivity contribution is 8.00. The molecule has 0 saturated heterocycles. The lowest BCUT2D eigenvalue weighted by atomic mass is 10.3. The Morgan fingerprint density at radius 2 is 1.92 bits per heavy atom. The first-order chi connectivity index (χ1) is 11.1. The van der Waals surface area contributed by atoms with E-state index in [4.69, 9.17) is 29.0 Å². The number of para-hydroxylation sites is 1. The van der Waals surface area contributed by atoms with Crippen molar-refractivity contribution in [3.8, 4) is 0 Å². The molecule has 1 aromatic heterocycles. The predicted octanol–water partition coefficient (Wildman–Crippen LogP) is 3.44. The lowest BCUT2D eigenvalue weighted by Crippen LogP contribution is -2.25. The number of halogens is 5. The molecule has 130 valence electrons. The Balaban J connectivity index is 2.11. The van der Waals surface area contributed by atoms with Gasteiger partial charge in [0.25, 0.3) is 5.82 Å². The first-order valence-electron chi connectivity index (χ1n) is 6.30. The molecule has 12 heteroatoms. The minimum atomic E-state index is -4.74. The zero-order valence-electron chi connectivity index (χ0n) is 11.9. The lowest BCUT2D eigenvalue weighted by molar-refractivity contribution is -0.146. The van der Waals surface area contributed by atoms with Gasteiger partial charge in [-0.15, -0.1) is 10.2 Å². The quantitative estimate of drug-likeness (QED) is 0.607. The first-order valence-corrected chi connectivity index (χ1v) is 7.94. The summed E-state index contributed by atoms with van der Waals surface area (Å²) in [5.41, 5.74) is 0.212. The molecule has 1 amide bonds. The van der Waals surface area contributed by atoms with Gasteiger partial charge in [-0.1, -0.05) is 41.0 Å². The monoisotopic (exact) mass is 399 g/mol. The van der Waals surface area contributed by atoms with Gasteiger partial charge in [0.1, 0.15) is 0 Å². The molecule has 6 nitrogen and oxygen atoms in total. The van der Waals surface area contributed by atoms with Crippen LogP contribution in [0, 0.1) is 0 Å². The maximum Gasteiger partial charge on any atom is 0.453 e. The summed E-state index contributed by atoms with van der Waals surface area (Å²) in [6.45, 7) is 1.46. The molecule has 0 spiro atoms. The van der Waals surface area contributed by atoms with Crippen LogP contribution in [0.3, 0.4) is 0 Å². The molecule has 3 N–H and O–H groups in total. The van der Waals surface area contributed by atoms with Crippen LogP contribution in [0.1, 0.15) is 12.7 Å². The summed E-state index contributed by atoms with van der Waals surface area (Å²) in [4.78, 5) is 12.2. The zero-order valence-corrected chi connectivity index (χ0v) is 14.3. The van der Waals surface area contributed by atoms with E-state index in [0.717, 1.165) is 0 Å². The summed E-state index contributed by atoms with van der Waals surface area (Å²) in [5, 5.41) is 8.21. The molecule has 0 aliphatic carbocycles. The number of nitrogen functional groups attached to an aromatic ring is 1. The number of carbonyl (C=O) groups is 1. The maximum absolute atomic E-state index is 12.6. The number of rotatable bonds is 4. The van der Waals surface area contributed by atoms with Crippen molar-refractivity contribution in [2.45, 2.75) is 23.5 Å². The van der Waals surface area contributed by atoms with Crippen LogP contribution in [-0.4, -0.2) is 26.0 Å². The van der Waals surface area contributed by atoms with Crippen molar-refractivity contribution in [2.75, 3.05) is 11.2 Å². The number of benzene rings is 1. The fourth-order valence-corrected chi connectivity index (χ4v) is 2.87. The Kier molecular flexibility index (Phi) is 5.51. The fourth-order valence-electron chi connectivity index (χ4n) is 1.60. The molecule has 0 fully saturated rings. The van der Waals surface area contributed by atoms with Gasteiger partial charge in [0, 0.05) is 0 Å². The summed E-state index contributed by atoms with van der Waals surface area (Å²) in [6, 6.07) is 4.67. The van der Waals surface area contributed by atoms with E-state index in [2.05, 4.69) is 15.5 Å². The van der Waals surface area contributed by atoms with Crippen molar-refractivity contribution in [3.63, 3.8) is 0 Å². The van der Waals surface area contributed by atoms with Gasteiger partial charge in [-0.2, -0.15) is 13.2 Å². The number of alkyl halides is 3. The van der Waals surface area contributed by atoms with Gasteiger partial charge < -0.3 is 11.2 Å². The normalized spacial score (nSPS) is 12.9. The van der Waals surface area contributed by atoms with Crippen LogP contribution >= 0.6 is 35.0 Å². The zero-order chi connectivity index (χ0) is 18.1. The Labute approximate surface area is 148 Å². The van der Waals surface area contributed by atoms with Crippen LogP contribution in [0.15, 0.2) is 23.4 Å². The molecule has 0 aliphatic heterocycles. The van der Waals surface area contributed by atoms with Gasteiger partial charge in [-0.05, 0) is 19.1 Å². The summed E-state index contributed by atoms with van der Waals surface area (Å²) >= 11 is 12.6. The van der Waals surface area contributed by atoms with E-state index in [1.807, 2.05) is 0 Å². The van der Waals surface area contributed by atoms with Crippen molar-refractivity contribution >= 4 is 46.6 Å². The smallest absolute Gasteiger partial charge is 0.335 e. The van der Waals surface area contributed by atoms with Crippen molar-refractivity contribution in [1.82, 2.24) is 14.9 Å². The molecular weight excluding hydrogens is 390 g/mol. The largest absolute Gasteiger partial charge is 0.453 e. The SMILES string of the molecule is CC(Sc1nnc(C(F)(F)F)n1N)C(=O)Nc1c(Cl)cccc1Cl. The number of nitrogens with two attached hydrogens (primary N) is 1. The molecule has 0 aliphatic rings. The average molecular weight is 400 g/mol. The van der Waals surface area contributed by atoms with Gasteiger partial charge in [0.2, 0.25) is 11.1 Å². The molecule has 1 atom stereocenters. The fraction of sp³-hybridized carbons (Fsp3) is 0.250. The molecule has 1 aromatic carbocycles.